The molecule has 0 unspecified atom stereocenters. The van der Waals surface area contributed by atoms with Crippen LogP contribution in [0.3, 0.4) is 0 Å². The van der Waals surface area contributed by atoms with E-state index < -0.39 is 57.0 Å². The topological polar surface area (TPSA) is 115 Å². The van der Waals surface area contributed by atoms with Crippen LogP contribution in [0.2, 0.25) is 0 Å². The van der Waals surface area contributed by atoms with E-state index in [1.54, 1.807) is 36.4 Å². The molecule has 11 heteroatoms. The number of hydrogen-bond acceptors (Lipinski definition) is 6. The Hall–Kier alpha value is -4.47. The fraction of sp³-hybridized carbons (Fsp3) is 0.297. The Morgan fingerprint density at radius 1 is 0.917 bits per heavy atom. The number of halogens is 3. The lowest BCUT2D eigenvalue weighted by Gasteiger charge is -2.50. The summed E-state index contributed by atoms with van der Waals surface area (Å²) >= 11 is 14.8. The molecule has 48 heavy (non-hydrogen) atoms. The first-order chi connectivity index (χ1) is 22.9. The van der Waals surface area contributed by atoms with E-state index in [4.69, 9.17) is 23.2 Å². The van der Waals surface area contributed by atoms with E-state index in [2.05, 4.69) is 6.58 Å². The van der Waals surface area contributed by atoms with E-state index in [1.165, 1.54) is 29.2 Å². The van der Waals surface area contributed by atoms with E-state index in [9.17, 15) is 33.8 Å². The number of aromatic hydroxyl groups is 2. The Morgan fingerprint density at radius 3 is 2.31 bits per heavy atom. The molecule has 0 radical (unpaired) electrons. The van der Waals surface area contributed by atoms with E-state index >= 15 is 0 Å². The van der Waals surface area contributed by atoms with Gasteiger partial charge in [-0.05, 0) is 79.1 Å². The van der Waals surface area contributed by atoms with Gasteiger partial charge >= 0.3 is 0 Å². The number of fused-ring (bicyclic) bond motifs is 4. The maximum Gasteiger partial charge on any atom is 0.258 e. The molecule has 4 aliphatic rings. The zero-order chi connectivity index (χ0) is 34.1. The van der Waals surface area contributed by atoms with Crippen LogP contribution in [0, 0.1) is 23.6 Å². The van der Waals surface area contributed by atoms with Crippen LogP contribution in [0.5, 0.6) is 11.5 Å². The van der Waals surface area contributed by atoms with E-state index in [1.807, 2.05) is 6.08 Å². The number of phenolic OH excluding ortho intramolecular Hbond substituents is 2. The van der Waals surface area contributed by atoms with E-state index in [0.29, 0.717) is 24.0 Å². The molecule has 8 nitrogen and oxygen atoms in total. The van der Waals surface area contributed by atoms with Gasteiger partial charge in [0.25, 0.3) is 11.8 Å². The van der Waals surface area contributed by atoms with Gasteiger partial charge in [-0.3, -0.25) is 24.1 Å². The molecule has 3 aromatic rings. The van der Waals surface area contributed by atoms with Gasteiger partial charge in [-0.1, -0.05) is 48.1 Å². The number of carbonyl (C=O) groups excluding carboxylic acids is 4. The number of rotatable bonds is 7. The van der Waals surface area contributed by atoms with Crippen LogP contribution in [-0.4, -0.2) is 55.0 Å². The minimum absolute atomic E-state index is 0.0755. The standard InChI is InChI=1S/C37H31Cl2FN2O6/c1-2-4-21-5-3-6-27(31(21)44)30-25-15-16-26-29(33(46)41(32(26)45)18-17-20-7-13-24(43)14-8-20)28(25)19-36(38)34(47)42(35(48)37(30,36)39)23-11-9-22(40)10-12-23/h2-3,5-15,26,28-30,43-44H,1,4,16-19H2/t26-,28+,29-,30+,36+,37-/m0/s1. The van der Waals surface area contributed by atoms with Gasteiger partial charge in [0.05, 0.1) is 17.5 Å². The zero-order valence-corrected chi connectivity index (χ0v) is 27.1. The summed E-state index contributed by atoms with van der Waals surface area (Å²) in [7, 11) is 0. The highest BCUT2D eigenvalue weighted by atomic mass is 35.5. The number of allylic oxidation sites excluding steroid dienone is 3. The maximum atomic E-state index is 14.5. The van der Waals surface area contributed by atoms with Crippen molar-refractivity contribution in [3.63, 3.8) is 0 Å². The van der Waals surface area contributed by atoms with Crippen molar-refractivity contribution in [2.24, 2.45) is 17.8 Å². The first kappa shape index (κ1) is 32.1. The minimum Gasteiger partial charge on any atom is -0.508 e. The second-order valence-corrected chi connectivity index (χ2v) is 14.1. The monoisotopic (exact) mass is 688 g/mol. The molecule has 0 aromatic heterocycles. The third-order valence-electron chi connectivity index (χ3n) is 10.4. The molecule has 6 atom stereocenters. The molecular formula is C37H31Cl2FN2O6. The number of alkyl halides is 2. The quantitative estimate of drug-likeness (QED) is 0.185. The fourth-order valence-corrected chi connectivity index (χ4v) is 9.02. The van der Waals surface area contributed by atoms with Crippen molar-refractivity contribution in [2.75, 3.05) is 11.4 Å². The summed E-state index contributed by atoms with van der Waals surface area (Å²) in [4.78, 5) is 54.6. The van der Waals surface area contributed by atoms with Crippen LogP contribution >= 0.6 is 23.2 Å². The van der Waals surface area contributed by atoms with E-state index in [-0.39, 0.29) is 48.0 Å². The minimum atomic E-state index is -2.15. The molecule has 2 heterocycles. The Kier molecular flexibility index (Phi) is 7.75. The van der Waals surface area contributed by atoms with Gasteiger partial charge in [-0.2, -0.15) is 0 Å². The molecule has 7 rings (SSSR count). The van der Waals surface area contributed by atoms with Crippen molar-refractivity contribution >= 4 is 52.5 Å². The number of phenols is 2. The number of carbonyl (C=O) groups is 4. The molecule has 0 bridgehead atoms. The first-order valence-corrected chi connectivity index (χ1v) is 16.4. The lowest BCUT2D eigenvalue weighted by molar-refractivity contribution is -0.140. The van der Waals surface area contributed by atoms with E-state index in [0.717, 1.165) is 22.6 Å². The fourth-order valence-electron chi connectivity index (χ4n) is 8.10. The molecule has 3 aromatic carbocycles. The van der Waals surface area contributed by atoms with Crippen molar-refractivity contribution in [1.82, 2.24) is 4.90 Å². The average molecular weight is 690 g/mol. The Morgan fingerprint density at radius 2 is 1.62 bits per heavy atom. The zero-order valence-electron chi connectivity index (χ0n) is 25.6. The first-order valence-electron chi connectivity index (χ1n) is 15.7. The van der Waals surface area contributed by atoms with Crippen LogP contribution in [0.15, 0.2) is 91.0 Å². The van der Waals surface area contributed by atoms with Crippen molar-refractivity contribution < 1.29 is 33.8 Å². The van der Waals surface area contributed by atoms with Crippen molar-refractivity contribution in [3.05, 3.63) is 114 Å². The van der Waals surface area contributed by atoms with Crippen LogP contribution in [0.1, 0.15) is 35.4 Å². The number of hydrogen-bond donors (Lipinski definition) is 2. The number of anilines is 1. The normalized spacial score (nSPS) is 29.4. The molecule has 2 aliphatic carbocycles. The summed E-state index contributed by atoms with van der Waals surface area (Å²) in [5.74, 6) is -6.52. The lowest BCUT2D eigenvalue weighted by Crippen LogP contribution is -2.60. The third kappa shape index (κ3) is 4.54. The van der Waals surface area contributed by atoms with Crippen LogP contribution in [0.25, 0.3) is 0 Å². The van der Waals surface area contributed by atoms with Gasteiger partial charge in [-0.25, -0.2) is 9.29 Å². The maximum absolute atomic E-state index is 14.5. The van der Waals surface area contributed by atoms with Gasteiger partial charge in [-0.15, -0.1) is 29.8 Å². The predicted octanol–water partition coefficient (Wildman–Crippen LogP) is 5.77. The van der Waals surface area contributed by atoms with Crippen molar-refractivity contribution in [2.45, 2.75) is 41.3 Å². The number of amides is 4. The van der Waals surface area contributed by atoms with Gasteiger partial charge in [0.15, 0.2) is 9.75 Å². The van der Waals surface area contributed by atoms with Crippen molar-refractivity contribution in [1.29, 1.82) is 0 Å². The number of benzene rings is 3. The number of nitrogens with zero attached hydrogens (tertiary/aromatic N) is 2. The number of para-hydroxylation sites is 1. The number of imide groups is 2. The second-order valence-electron chi connectivity index (χ2n) is 12.8. The summed E-state index contributed by atoms with van der Waals surface area (Å²) < 4.78 is 13.9. The Bertz CT molecular complexity index is 1910. The third-order valence-corrected chi connectivity index (χ3v) is 11.8. The molecule has 246 valence electrons. The highest BCUT2D eigenvalue weighted by Gasteiger charge is 2.76. The highest BCUT2D eigenvalue weighted by Crippen LogP contribution is 2.66. The molecule has 4 amide bonds. The summed E-state index contributed by atoms with van der Waals surface area (Å²) in [6, 6.07) is 16.3. The summed E-state index contributed by atoms with van der Waals surface area (Å²) in [6.07, 6.45) is 4.07. The molecule has 2 aliphatic heterocycles. The highest BCUT2D eigenvalue weighted by molar-refractivity contribution is 6.58. The smallest absolute Gasteiger partial charge is 0.258 e. The average Bonchev–Trinajstić information content (AvgIpc) is 3.40. The molecular weight excluding hydrogens is 658 g/mol. The predicted molar refractivity (Wildman–Crippen MR) is 177 cm³/mol. The van der Waals surface area contributed by atoms with Crippen LogP contribution in [0.4, 0.5) is 10.1 Å². The Labute approximate surface area is 286 Å². The SMILES string of the molecule is C=CCc1cccc([C@H]2C3=CC[C@@H]4C(=O)N(CCc5ccc(O)cc5)C(=O)[C@@H]4[C@@H]3C[C@@]3(Cl)C(=O)N(c4ccc(F)cc4)C(=O)[C@@]23Cl)c1O. The van der Waals surface area contributed by atoms with Gasteiger partial charge in [0.1, 0.15) is 17.3 Å². The summed E-state index contributed by atoms with van der Waals surface area (Å²) in [5.41, 5.74) is 2.23. The molecule has 2 saturated heterocycles. The molecule has 0 spiro atoms. The lowest BCUT2D eigenvalue weighted by atomic mass is 9.56. The van der Waals surface area contributed by atoms with Crippen LogP contribution < -0.4 is 4.90 Å². The van der Waals surface area contributed by atoms with Gasteiger partial charge in [0.2, 0.25) is 11.8 Å². The second kappa shape index (κ2) is 11.6. The Balaban J connectivity index is 1.34. The summed E-state index contributed by atoms with van der Waals surface area (Å²) in [5, 5.41) is 21.2. The molecule has 3 fully saturated rings. The van der Waals surface area contributed by atoms with Crippen molar-refractivity contribution in [3.8, 4) is 11.5 Å². The summed E-state index contributed by atoms with van der Waals surface area (Å²) in [6.45, 7) is 3.88. The van der Waals surface area contributed by atoms with Crippen LogP contribution in [-0.2, 0) is 32.0 Å². The van der Waals surface area contributed by atoms with Gasteiger partial charge in [0, 0.05) is 18.0 Å². The van der Waals surface area contributed by atoms with Gasteiger partial charge < -0.3 is 10.2 Å². The number of likely N-dealkylation sites (tertiary alicyclic amines) is 1. The molecule has 1 saturated carbocycles. The largest absolute Gasteiger partial charge is 0.508 e. The molecule has 2 N–H and O–H groups in total.